The van der Waals surface area contributed by atoms with Gasteiger partial charge in [0.05, 0.1) is 13.5 Å². The Morgan fingerprint density at radius 2 is 1.52 bits per heavy atom. The zero-order valence-electron chi connectivity index (χ0n) is 18.6. The molecule has 0 bridgehead atoms. The molecule has 0 heterocycles. The molecular weight excluding hydrogens is 443 g/mol. The van der Waals surface area contributed by atoms with Crippen LogP contribution in [0.4, 0.5) is 4.39 Å². The first kappa shape index (κ1) is 24.3. The van der Waals surface area contributed by atoms with Crippen molar-refractivity contribution in [3.63, 3.8) is 0 Å². The lowest BCUT2D eigenvalue weighted by atomic mass is 10.1. The minimum absolute atomic E-state index is 0.120. The molecule has 0 aromatic heterocycles. The van der Waals surface area contributed by atoms with Gasteiger partial charge in [0.2, 0.25) is 11.8 Å². The average molecular weight is 469 g/mol. The summed E-state index contributed by atoms with van der Waals surface area (Å²) in [7, 11) is 1.59. The number of ether oxygens (including phenoxy) is 1. The Hall–Kier alpha value is -3.38. The van der Waals surface area contributed by atoms with Crippen LogP contribution >= 0.6 is 11.6 Å². The van der Waals surface area contributed by atoms with Crippen molar-refractivity contribution in [1.82, 2.24) is 10.2 Å². The van der Waals surface area contributed by atoms with Crippen molar-refractivity contribution in [3.8, 4) is 5.75 Å². The third-order valence-electron chi connectivity index (χ3n) is 5.33. The second-order valence-corrected chi connectivity index (χ2v) is 8.13. The van der Waals surface area contributed by atoms with E-state index in [4.69, 9.17) is 16.3 Å². The number of hydrogen-bond donors (Lipinski definition) is 1. The highest BCUT2D eigenvalue weighted by atomic mass is 35.5. The molecule has 1 N–H and O–H groups in total. The number of hydrogen-bond acceptors (Lipinski definition) is 3. The maximum absolute atomic E-state index is 13.3. The standard InChI is InChI=1S/C26H26ClFN2O3/c1-18(26(32)29-16-20-7-13-24(33-2)14-8-20)30(17-21-5-11-23(28)12-6-21)25(31)15-19-3-9-22(27)10-4-19/h3-14,18H,15-17H2,1-2H3,(H,29,32)/t18-/m0/s1. The van der Waals surface area contributed by atoms with Crippen molar-refractivity contribution in [3.05, 3.63) is 100 Å². The van der Waals surface area contributed by atoms with Gasteiger partial charge in [0.15, 0.2) is 0 Å². The molecule has 0 aliphatic carbocycles. The first-order valence-electron chi connectivity index (χ1n) is 10.5. The number of nitrogens with zero attached hydrogens (tertiary/aromatic N) is 1. The summed E-state index contributed by atoms with van der Waals surface area (Å²) >= 11 is 5.94. The molecule has 7 heteroatoms. The van der Waals surface area contributed by atoms with E-state index in [1.54, 1.807) is 50.4 Å². The zero-order chi connectivity index (χ0) is 23.8. The first-order chi connectivity index (χ1) is 15.9. The number of carbonyl (C=O) groups excluding carboxylic acids is 2. The summed E-state index contributed by atoms with van der Waals surface area (Å²) < 4.78 is 18.5. The largest absolute Gasteiger partial charge is 0.497 e. The smallest absolute Gasteiger partial charge is 0.242 e. The van der Waals surface area contributed by atoms with E-state index in [-0.39, 0.29) is 30.6 Å². The van der Waals surface area contributed by atoms with Crippen molar-refractivity contribution < 1.29 is 18.7 Å². The molecule has 5 nitrogen and oxygen atoms in total. The molecule has 33 heavy (non-hydrogen) atoms. The summed E-state index contributed by atoms with van der Waals surface area (Å²) in [6, 6.07) is 19.6. The molecule has 3 aromatic carbocycles. The van der Waals surface area contributed by atoms with Crippen LogP contribution in [0.1, 0.15) is 23.6 Å². The summed E-state index contributed by atoms with van der Waals surface area (Å²) in [5, 5.41) is 3.47. The van der Waals surface area contributed by atoms with Crippen LogP contribution in [0.2, 0.25) is 5.02 Å². The molecule has 0 fully saturated rings. The number of methoxy groups -OCH3 is 1. The molecule has 1 atom stereocenters. The van der Waals surface area contributed by atoms with E-state index in [2.05, 4.69) is 5.32 Å². The molecule has 3 aromatic rings. The van der Waals surface area contributed by atoms with Gasteiger partial charge in [-0.15, -0.1) is 0 Å². The SMILES string of the molecule is COc1ccc(CNC(=O)[C@H](C)N(Cc2ccc(F)cc2)C(=O)Cc2ccc(Cl)cc2)cc1. The molecule has 0 radical (unpaired) electrons. The van der Waals surface area contributed by atoms with Gasteiger partial charge in [0.25, 0.3) is 0 Å². The van der Waals surface area contributed by atoms with E-state index in [9.17, 15) is 14.0 Å². The van der Waals surface area contributed by atoms with Gasteiger partial charge in [-0.25, -0.2) is 4.39 Å². The Balaban J connectivity index is 1.72. The fraction of sp³-hybridized carbons (Fsp3) is 0.231. The molecular formula is C26H26ClFN2O3. The first-order valence-corrected chi connectivity index (χ1v) is 10.9. The van der Waals surface area contributed by atoms with Crippen LogP contribution in [0.5, 0.6) is 5.75 Å². The van der Waals surface area contributed by atoms with Crippen molar-refractivity contribution >= 4 is 23.4 Å². The number of carbonyl (C=O) groups is 2. The molecule has 2 amide bonds. The molecule has 0 saturated heterocycles. The third-order valence-corrected chi connectivity index (χ3v) is 5.58. The lowest BCUT2D eigenvalue weighted by Crippen LogP contribution is -2.48. The van der Waals surface area contributed by atoms with E-state index in [0.717, 1.165) is 22.4 Å². The predicted molar refractivity (Wildman–Crippen MR) is 126 cm³/mol. The maximum atomic E-state index is 13.3. The minimum atomic E-state index is -0.729. The van der Waals surface area contributed by atoms with Gasteiger partial charge in [0.1, 0.15) is 17.6 Å². The molecule has 172 valence electrons. The highest BCUT2D eigenvalue weighted by Gasteiger charge is 2.26. The van der Waals surface area contributed by atoms with Crippen LogP contribution in [0, 0.1) is 5.82 Å². The summed E-state index contributed by atoms with van der Waals surface area (Å²) in [5.74, 6) is -0.120. The highest BCUT2D eigenvalue weighted by Crippen LogP contribution is 2.16. The topological polar surface area (TPSA) is 58.6 Å². The van der Waals surface area contributed by atoms with Crippen LogP contribution in [0.25, 0.3) is 0 Å². The summed E-state index contributed by atoms with van der Waals surface area (Å²) in [5.41, 5.74) is 2.43. The Labute approximate surface area is 198 Å². The van der Waals surface area contributed by atoms with Gasteiger partial charge in [-0.3, -0.25) is 9.59 Å². The Morgan fingerprint density at radius 1 is 0.939 bits per heavy atom. The number of amides is 2. The molecule has 0 unspecified atom stereocenters. The summed E-state index contributed by atoms with van der Waals surface area (Å²) in [6.07, 6.45) is 0.120. The van der Waals surface area contributed by atoms with Crippen LogP contribution in [0.3, 0.4) is 0 Å². The number of nitrogens with one attached hydrogen (secondary N) is 1. The van der Waals surface area contributed by atoms with E-state index in [1.165, 1.54) is 17.0 Å². The molecule has 0 spiro atoms. The van der Waals surface area contributed by atoms with Gasteiger partial charge in [-0.05, 0) is 60.0 Å². The summed E-state index contributed by atoms with van der Waals surface area (Å²) in [4.78, 5) is 27.6. The van der Waals surface area contributed by atoms with Crippen molar-refractivity contribution in [2.45, 2.75) is 32.5 Å². The van der Waals surface area contributed by atoms with E-state index >= 15 is 0 Å². The highest BCUT2D eigenvalue weighted by molar-refractivity contribution is 6.30. The van der Waals surface area contributed by atoms with Crippen LogP contribution in [-0.4, -0.2) is 29.9 Å². The zero-order valence-corrected chi connectivity index (χ0v) is 19.3. The maximum Gasteiger partial charge on any atom is 0.242 e. The number of halogens is 2. The predicted octanol–water partition coefficient (Wildman–Crippen LogP) is 4.76. The Bertz CT molecular complexity index is 1070. The fourth-order valence-corrected chi connectivity index (χ4v) is 3.45. The monoisotopic (exact) mass is 468 g/mol. The lowest BCUT2D eigenvalue weighted by molar-refractivity contribution is -0.140. The lowest BCUT2D eigenvalue weighted by Gasteiger charge is -2.29. The third kappa shape index (κ3) is 7.05. The van der Waals surface area contributed by atoms with Crippen LogP contribution < -0.4 is 10.1 Å². The van der Waals surface area contributed by atoms with Gasteiger partial charge in [0, 0.05) is 18.1 Å². The minimum Gasteiger partial charge on any atom is -0.497 e. The molecule has 0 aliphatic rings. The summed E-state index contributed by atoms with van der Waals surface area (Å²) in [6.45, 7) is 2.19. The van der Waals surface area contributed by atoms with Crippen LogP contribution in [-0.2, 0) is 29.1 Å². The molecule has 0 aliphatic heterocycles. The molecule has 0 saturated carbocycles. The van der Waals surface area contributed by atoms with Crippen molar-refractivity contribution in [2.24, 2.45) is 0 Å². The van der Waals surface area contributed by atoms with E-state index < -0.39 is 6.04 Å². The normalized spacial score (nSPS) is 11.5. The Kier molecular flexibility index (Phi) is 8.44. The van der Waals surface area contributed by atoms with Crippen LogP contribution in [0.15, 0.2) is 72.8 Å². The fourth-order valence-electron chi connectivity index (χ4n) is 3.33. The second kappa shape index (κ2) is 11.5. The van der Waals surface area contributed by atoms with Crippen molar-refractivity contribution in [1.29, 1.82) is 0 Å². The van der Waals surface area contributed by atoms with Crippen molar-refractivity contribution in [2.75, 3.05) is 7.11 Å². The van der Waals surface area contributed by atoms with E-state index in [0.29, 0.717) is 11.6 Å². The number of rotatable bonds is 9. The number of benzene rings is 3. The van der Waals surface area contributed by atoms with E-state index in [1.807, 2.05) is 24.3 Å². The van der Waals surface area contributed by atoms with Gasteiger partial charge < -0.3 is 15.0 Å². The molecule has 3 rings (SSSR count). The van der Waals surface area contributed by atoms with Gasteiger partial charge in [-0.2, -0.15) is 0 Å². The van der Waals surface area contributed by atoms with Gasteiger partial charge >= 0.3 is 0 Å². The quantitative estimate of drug-likeness (QED) is 0.492. The average Bonchev–Trinajstić information content (AvgIpc) is 2.83. The van der Waals surface area contributed by atoms with Gasteiger partial charge in [-0.1, -0.05) is 48.0 Å². The second-order valence-electron chi connectivity index (χ2n) is 7.69. The Morgan fingerprint density at radius 3 is 2.12 bits per heavy atom.